The van der Waals surface area contributed by atoms with E-state index in [2.05, 4.69) is 44.7 Å². The van der Waals surface area contributed by atoms with Crippen molar-refractivity contribution in [3.05, 3.63) is 70.9 Å². The van der Waals surface area contributed by atoms with Crippen LogP contribution in [0.5, 0.6) is 0 Å². The number of piperidine rings is 1. The number of ether oxygens (including phenoxy) is 1. The molecule has 1 aliphatic rings. The minimum atomic E-state index is -3.71. The summed E-state index contributed by atoms with van der Waals surface area (Å²) in [5, 5.41) is 7.34. The quantitative estimate of drug-likeness (QED) is 0.224. The molecule has 45 heavy (non-hydrogen) atoms. The molecule has 1 aromatic carbocycles. The van der Waals surface area contributed by atoms with Crippen LogP contribution in [0.4, 0.5) is 23.0 Å². The van der Waals surface area contributed by atoms with Crippen molar-refractivity contribution in [2.75, 3.05) is 67.8 Å². The van der Waals surface area contributed by atoms with E-state index in [0.29, 0.717) is 41.8 Å². The van der Waals surface area contributed by atoms with E-state index >= 15 is 0 Å². The van der Waals surface area contributed by atoms with Crippen LogP contribution in [0.1, 0.15) is 32.4 Å². The molecule has 4 aromatic rings. The molecule has 240 valence electrons. The van der Waals surface area contributed by atoms with Gasteiger partial charge in [0.1, 0.15) is 11.3 Å². The van der Waals surface area contributed by atoms with Crippen LogP contribution in [0.15, 0.2) is 64.5 Å². The number of benzene rings is 1. The molecular weight excluding hydrogens is 592 g/mol. The smallest absolute Gasteiger partial charge is 0.276 e. The summed E-state index contributed by atoms with van der Waals surface area (Å²) >= 11 is 0. The Hall–Kier alpha value is -4.07. The molecule has 0 amide bonds. The normalized spacial score (nSPS) is 14.0. The maximum atomic E-state index is 14.0. The zero-order valence-electron chi connectivity index (χ0n) is 26.4. The fraction of sp³-hybridized carbons (Fsp3) is 0.438. The summed E-state index contributed by atoms with van der Waals surface area (Å²) in [6.45, 7) is 7.24. The van der Waals surface area contributed by atoms with E-state index in [-0.39, 0.29) is 35.1 Å². The number of fused-ring (bicyclic) bond motifs is 1. The number of rotatable bonds is 13. The minimum Gasteiger partial charge on any atom is -0.384 e. The molecule has 0 radical (unpaired) electrons. The summed E-state index contributed by atoms with van der Waals surface area (Å²) in [5.74, 6) is 0.125. The summed E-state index contributed by atoms with van der Waals surface area (Å²) in [7, 11) is -0.119. The first-order valence-corrected chi connectivity index (χ1v) is 17.0. The maximum absolute atomic E-state index is 14.0. The van der Waals surface area contributed by atoms with Crippen LogP contribution in [0.2, 0.25) is 0 Å². The topological polar surface area (TPSA) is 135 Å². The second-order valence-electron chi connectivity index (χ2n) is 11.1. The Morgan fingerprint density at radius 1 is 1.09 bits per heavy atom. The number of methoxy groups -OCH3 is 1. The number of nitrogens with zero attached hydrogens (tertiary/aromatic N) is 6. The molecule has 3 aromatic heterocycles. The van der Waals surface area contributed by atoms with E-state index < -0.39 is 9.84 Å². The van der Waals surface area contributed by atoms with E-state index in [0.717, 1.165) is 37.3 Å². The highest BCUT2D eigenvalue weighted by molar-refractivity contribution is 7.91. The number of sulfone groups is 1. The Balaban J connectivity index is 1.51. The van der Waals surface area contributed by atoms with Crippen molar-refractivity contribution < 1.29 is 13.2 Å². The van der Waals surface area contributed by atoms with Crippen LogP contribution < -0.4 is 26.0 Å². The molecule has 1 aliphatic heterocycles. The molecule has 0 saturated carbocycles. The molecular formula is C32H42N8O4S. The van der Waals surface area contributed by atoms with Crippen molar-refractivity contribution >= 4 is 43.9 Å². The average Bonchev–Trinajstić information content (AvgIpc) is 3.07. The molecule has 0 bridgehead atoms. The minimum absolute atomic E-state index is 0.0502. The molecule has 5 rings (SSSR count). The van der Waals surface area contributed by atoms with Gasteiger partial charge in [-0.25, -0.2) is 13.4 Å². The lowest BCUT2D eigenvalue weighted by molar-refractivity contribution is 0.217. The molecule has 2 N–H and O–H groups in total. The van der Waals surface area contributed by atoms with Crippen molar-refractivity contribution in [1.29, 1.82) is 0 Å². The van der Waals surface area contributed by atoms with Crippen molar-refractivity contribution in [1.82, 2.24) is 24.8 Å². The van der Waals surface area contributed by atoms with Gasteiger partial charge in [-0.2, -0.15) is 4.98 Å². The molecule has 13 heteroatoms. The van der Waals surface area contributed by atoms with Gasteiger partial charge in [0, 0.05) is 62.4 Å². The van der Waals surface area contributed by atoms with E-state index in [4.69, 9.17) is 9.72 Å². The van der Waals surface area contributed by atoms with E-state index in [1.54, 1.807) is 18.3 Å². The van der Waals surface area contributed by atoms with Crippen LogP contribution in [-0.2, 0) is 21.1 Å². The monoisotopic (exact) mass is 634 g/mol. The van der Waals surface area contributed by atoms with Crippen molar-refractivity contribution in [3.63, 3.8) is 0 Å². The van der Waals surface area contributed by atoms with Gasteiger partial charge in [0.15, 0.2) is 9.84 Å². The number of aromatic nitrogens is 4. The lowest BCUT2D eigenvalue weighted by Gasteiger charge is -2.33. The maximum Gasteiger partial charge on any atom is 0.276 e. The van der Waals surface area contributed by atoms with Gasteiger partial charge >= 0.3 is 0 Å². The van der Waals surface area contributed by atoms with Crippen LogP contribution in [0, 0.1) is 0 Å². The first-order valence-electron chi connectivity index (χ1n) is 15.4. The van der Waals surface area contributed by atoms with E-state index in [9.17, 15) is 13.2 Å². The Morgan fingerprint density at radius 2 is 1.82 bits per heavy atom. The Kier molecular flexibility index (Phi) is 10.3. The molecule has 1 fully saturated rings. The first-order chi connectivity index (χ1) is 21.7. The summed E-state index contributed by atoms with van der Waals surface area (Å²) in [5.41, 5.74) is 2.78. The summed E-state index contributed by atoms with van der Waals surface area (Å²) in [6.07, 6.45) is 5.43. The third kappa shape index (κ3) is 7.26. The van der Waals surface area contributed by atoms with E-state index in [1.807, 2.05) is 30.9 Å². The highest BCUT2D eigenvalue weighted by Crippen LogP contribution is 2.25. The average molecular weight is 635 g/mol. The second kappa shape index (κ2) is 14.4. The highest BCUT2D eigenvalue weighted by Gasteiger charge is 2.23. The number of pyridine rings is 2. The van der Waals surface area contributed by atoms with Gasteiger partial charge in [-0.15, -0.1) is 0 Å². The Bertz CT molecular complexity index is 1770. The van der Waals surface area contributed by atoms with Crippen molar-refractivity contribution in [2.24, 2.45) is 0 Å². The third-order valence-electron chi connectivity index (χ3n) is 8.35. The van der Waals surface area contributed by atoms with Crippen LogP contribution in [0.3, 0.4) is 0 Å². The van der Waals surface area contributed by atoms with Gasteiger partial charge in [-0.3, -0.25) is 14.3 Å². The zero-order chi connectivity index (χ0) is 32.0. The standard InChI is InChI=1S/C32H42N8O4S/c1-5-39(6-2)28-20-23-21-35-32(36-24-9-11-25(12-10-24)38(3)26-13-16-33-17-14-26)37-30(23)40(31(28)41)22-27-29(8-7-15-34-27)45(42,43)19-18-44-4/h7-12,15,20-21,26,33H,5-6,13-14,16-19,22H2,1-4H3,(H,35,36,37). The second-order valence-corrected chi connectivity index (χ2v) is 13.2. The Labute approximate surface area is 264 Å². The fourth-order valence-electron chi connectivity index (χ4n) is 5.73. The van der Waals surface area contributed by atoms with Gasteiger partial charge in [-0.05, 0) is 82.2 Å². The van der Waals surface area contributed by atoms with Gasteiger partial charge in [0.05, 0.1) is 29.5 Å². The predicted octanol–water partition coefficient (Wildman–Crippen LogP) is 3.43. The summed E-state index contributed by atoms with van der Waals surface area (Å²) < 4.78 is 32.9. The Morgan fingerprint density at radius 3 is 2.51 bits per heavy atom. The molecule has 0 aliphatic carbocycles. The van der Waals surface area contributed by atoms with Crippen LogP contribution in [-0.4, -0.2) is 86.7 Å². The molecule has 0 spiro atoms. The number of nitrogens with one attached hydrogen (secondary N) is 2. The third-order valence-corrected chi connectivity index (χ3v) is 10.1. The van der Waals surface area contributed by atoms with Crippen molar-refractivity contribution in [3.8, 4) is 0 Å². The van der Waals surface area contributed by atoms with Gasteiger partial charge in [0.2, 0.25) is 5.95 Å². The van der Waals surface area contributed by atoms with E-state index in [1.165, 1.54) is 23.9 Å². The molecule has 12 nitrogen and oxygen atoms in total. The van der Waals surface area contributed by atoms with Crippen LogP contribution >= 0.6 is 0 Å². The summed E-state index contributed by atoms with van der Waals surface area (Å²) in [6, 6.07) is 13.5. The summed E-state index contributed by atoms with van der Waals surface area (Å²) in [4.78, 5) is 32.1. The number of hydrogen-bond donors (Lipinski definition) is 2. The lowest BCUT2D eigenvalue weighted by atomic mass is 10.0. The first kappa shape index (κ1) is 32.3. The SMILES string of the molecule is CCN(CC)c1cc2cnc(Nc3ccc(N(C)C4CCNCC4)cc3)nc2n(Cc2ncccc2S(=O)(=O)CCOC)c1=O. The molecule has 0 unspecified atom stereocenters. The number of hydrogen-bond acceptors (Lipinski definition) is 11. The lowest BCUT2D eigenvalue weighted by Crippen LogP contribution is -2.41. The van der Waals surface area contributed by atoms with Gasteiger partial charge < -0.3 is 25.2 Å². The van der Waals surface area contributed by atoms with Gasteiger partial charge in [0.25, 0.3) is 5.56 Å². The van der Waals surface area contributed by atoms with Crippen LogP contribution in [0.25, 0.3) is 11.0 Å². The molecule has 1 saturated heterocycles. The largest absolute Gasteiger partial charge is 0.384 e. The number of anilines is 4. The fourth-order valence-corrected chi connectivity index (χ4v) is 7.10. The van der Waals surface area contributed by atoms with Gasteiger partial charge in [-0.1, -0.05) is 0 Å². The highest BCUT2D eigenvalue weighted by atomic mass is 32.2. The molecule has 0 atom stereocenters. The molecule has 4 heterocycles. The van der Waals surface area contributed by atoms with Crippen molar-refractivity contribution in [2.45, 2.75) is 44.2 Å². The zero-order valence-corrected chi connectivity index (χ0v) is 27.2. The predicted molar refractivity (Wildman–Crippen MR) is 179 cm³/mol.